The topological polar surface area (TPSA) is 63.2 Å². The first-order chi connectivity index (χ1) is 10.5. The number of aromatic nitrogens is 1. The number of carbonyl (C=O) groups is 1. The normalized spacial score (nSPS) is 12.0. The zero-order valence-corrected chi connectivity index (χ0v) is 13.8. The van der Waals surface area contributed by atoms with Gasteiger partial charge in [-0.25, -0.2) is 9.78 Å². The summed E-state index contributed by atoms with van der Waals surface area (Å²) < 4.78 is 5.66. The maximum Gasteiger partial charge on any atom is 0.319 e. The Labute approximate surface area is 134 Å². The molecule has 6 heteroatoms. The fourth-order valence-electron chi connectivity index (χ4n) is 1.67. The molecule has 0 spiro atoms. The van der Waals surface area contributed by atoms with Crippen molar-refractivity contribution in [1.29, 1.82) is 0 Å². The van der Waals surface area contributed by atoms with Gasteiger partial charge < -0.3 is 15.4 Å². The Bertz CT molecular complexity index is 599. The first-order valence-corrected chi connectivity index (χ1v) is 8.16. The molecule has 0 radical (unpaired) electrons. The van der Waals surface area contributed by atoms with Crippen LogP contribution in [0.5, 0.6) is 5.75 Å². The van der Waals surface area contributed by atoms with Crippen LogP contribution < -0.4 is 15.4 Å². The van der Waals surface area contributed by atoms with Gasteiger partial charge in [0.05, 0.1) is 11.2 Å². The molecule has 2 rings (SSSR count). The highest BCUT2D eigenvalue weighted by Crippen LogP contribution is 2.18. The maximum atomic E-state index is 11.9. The Kier molecular flexibility index (Phi) is 5.77. The van der Waals surface area contributed by atoms with Gasteiger partial charge in [0.2, 0.25) is 0 Å². The molecule has 0 aliphatic heterocycles. The van der Waals surface area contributed by atoms with Gasteiger partial charge in [0, 0.05) is 23.2 Å². The highest BCUT2D eigenvalue weighted by Gasteiger charge is 2.10. The first kappa shape index (κ1) is 16.3. The summed E-state index contributed by atoms with van der Waals surface area (Å²) in [4.78, 5) is 16.1. The number of anilines is 1. The van der Waals surface area contributed by atoms with Gasteiger partial charge in [-0.1, -0.05) is 19.9 Å². The van der Waals surface area contributed by atoms with Crippen molar-refractivity contribution in [2.24, 2.45) is 5.92 Å². The van der Waals surface area contributed by atoms with Crippen molar-refractivity contribution in [3.8, 4) is 5.75 Å². The molecule has 0 aliphatic carbocycles. The SMILES string of the molecule is CC(C)[C@H](C)NC(=O)Nc1cccc(OCc2cscn2)c1. The molecule has 5 nitrogen and oxygen atoms in total. The predicted molar refractivity (Wildman–Crippen MR) is 89.3 cm³/mol. The summed E-state index contributed by atoms with van der Waals surface area (Å²) >= 11 is 1.54. The van der Waals surface area contributed by atoms with E-state index in [9.17, 15) is 4.79 Å². The van der Waals surface area contributed by atoms with E-state index in [-0.39, 0.29) is 12.1 Å². The Morgan fingerprint density at radius 1 is 1.36 bits per heavy atom. The second-order valence-corrected chi connectivity index (χ2v) is 6.15. The Morgan fingerprint density at radius 2 is 2.18 bits per heavy atom. The number of amides is 2. The fraction of sp³-hybridized carbons (Fsp3) is 0.375. The van der Waals surface area contributed by atoms with Crippen LogP contribution in [-0.2, 0) is 6.61 Å². The Hall–Kier alpha value is -2.08. The van der Waals surface area contributed by atoms with E-state index >= 15 is 0 Å². The van der Waals surface area contributed by atoms with Crippen molar-refractivity contribution in [2.45, 2.75) is 33.4 Å². The van der Waals surface area contributed by atoms with Crippen molar-refractivity contribution in [1.82, 2.24) is 10.3 Å². The number of urea groups is 1. The zero-order valence-electron chi connectivity index (χ0n) is 13.0. The van der Waals surface area contributed by atoms with Gasteiger partial charge in [-0.05, 0) is 25.0 Å². The Morgan fingerprint density at radius 3 is 2.86 bits per heavy atom. The molecule has 1 atom stereocenters. The number of nitrogens with one attached hydrogen (secondary N) is 2. The lowest BCUT2D eigenvalue weighted by Crippen LogP contribution is -2.38. The molecule has 2 amide bonds. The van der Waals surface area contributed by atoms with Crippen LogP contribution in [0.1, 0.15) is 26.5 Å². The Balaban J connectivity index is 1.89. The molecule has 0 fully saturated rings. The molecule has 1 aromatic heterocycles. The number of thiazole rings is 1. The molecule has 0 saturated heterocycles. The summed E-state index contributed by atoms with van der Waals surface area (Å²) in [6.45, 7) is 6.54. The van der Waals surface area contributed by atoms with Crippen LogP contribution in [-0.4, -0.2) is 17.1 Å². The van der Waals surface area contributed by atoms with Crippen LogP contribution >= 0.6 is 11.3 Å². The molecule has 2 N–H and O–H groups in total. The summed E-state index contributed by atoms with van der Waals surface area (Å²) in [5.74, 6) is 1.08. The van der Waals surface area contributed by atoms with E-state index < -0.39 is 0 Å². The predicted octanol–water partition coefficient (Wildman–Crippen LogP) is 3.89. The molecule has 1 aromatic carbocycles. The van der Waals surface area contributed by atoms with E-state index in [4.69, 9.17) is 4.74 Å². The van der Waals surface area contributed by atoms with Gasteiger partial charge in [0.25, 0.3) is 0 Å². The summed E-state index contributed by atoms with van der Waals surface area (Å²) in [6, 6.07) is 7.23. The quantitative estimate of drug-likeness (QED) is 0.849. The second-order valence-electron chi connectivity index (χ2n) is 5.43. The van der Waals surface area contributed by atoms with Crippen LogP contribution in [0.2, 0.25) is 0 Å². The monoisotopic (exact) mass is 319 g/mol. The molecule has 0 bridgehead atoms. The standard InChI is InChI=1S/C16H21N3O2S/c1-11(2)12(3)18-16(20)19-13-5-4-6-15(7-13)21-8-14-9-22-10-17-14/h4-7,9-12H,8H2,1-3H3,(H2,18,19,20)/t12-/m0/s1. The minimum atomic E-state index is -0.210. The summed E-state index contributed by atoms with van der Waals surface area (Å²) in [6.07, 6.45) is 0. The molecule has 22 heavy (non-hydrogen) atoms. The van der Waals surface area contributed by atoms with Gasteiger partial charge in [-0.2, -0.15) is 0 Å². The molecule has 1 heterocycles. The fourth-order valence-corrected chi connectivity index (χ4v) is 2.21. The van der Waals surface area contributed by atoms with Gasteiger partial charge in [-0.3, -0.25) is 0 Å². The number of carbonyl (C=O) groups excluding carboxylic acids is 1. The number of rotatable bonds is 6. The van der Waals surface area contributed by atoms with Crippen molar-refractivity contribution >= 4 is 23.1 Å². The molecule has 118 valence electrons. The molecule has 0 aliphatic rings. The summed E-state index contributed by atoms with van der Waals surface area (Å²) in [5, 5.41) is 7.67. The lowest BCUT2D eigenvalue weighted by molar-refractivity contribution is 0.246. The summed E-state index contributed by atoms with van der Waals surface area (Å²) in [7, 11) is 0. The van der Waals surface area contributed by atoms with E-state index in [1.165, 1.54) is 11.3 Å². The minimum Gasteiger partial charge on any atom is -0.487 e. The number of hydrogen-bond acceptors (Lipinski definition) is 4. The number of hydrogen-bond donors (Lipinski definition) is 2. The first-order valence-electron chi connectivity index (χ1n) is 7.22. The highest BCUT2D eigenvalue weighted by atomic mass is 32.1. The third-order valence-corrected chi connectivity index (χ3v) is 3.96. The molecular formula is C16H21N3O2S. The van der Waals surface area contributed by atoms with Crippen LogP contribution in [0.3, 0.4) is 0 Å². The van der Waals surface area contributed by atoms with Crippen LogP contribution in [0.25, 0.3) is 0 Å². The van der Waals surface area contributed by atoms with E-state index in [1.807, 2.05) is 30.5 Å². The van der Waals surface area contributed by atoms with Gasteiger partial charge >= 0.3 is 6.03 Å². The largest absolute Gasteiger partial charge is 0.487 e. The number of nitrogens with zero attached hydrogens (tertiary/aromatic N) is 1. The molecule has 0 unspecified atom stereocenters. The third kappa shape index (κ3) is 5.04. The highest BCUT2D eigenvalue weighted by molar-refractivity contribution is 7.07. The average molecular weight is 319 g/mol. The summed E-state index contributed by atoms with van der Waals surface area (Å²) in [5.41, 5.74) is 3.37. The molecule has 2 aromatic rings. The average Bonchev–Trinajstić information content (AvgIpc) is 2.98. The van der Waals surface area contributed by atoms with Gasteiger partial charge in [0.15, 0.2) is 0 Å². The van der Waals surface area contributed by atoms with Gasteiger partial charge in [0.1, 0.15) is 12.4 Å². The van der Waals surface area contributed by atoms with E-state index in [2.05, 4.69) is 29.5 Å². The van der Waals surface area contributed by atoms with E-state index in [0.717, 1.165) is 5.69 Å². The third-order valence-electron chi connectivity index (χ3n) is 3.32. The van der Waals surface area contributed by atoms with Crippen molar-refractivity contribution in [3.63, 3.8) is 0 Å². The van der Waals surface area contributed by atoms with Crippen LogP contribution in [0.15, 0.2) is 35.2 Å². The number of ether oxygens (including phenoxy) is 1. The smallest absolute Gasteiger partial charge is 0.319 e. The molecular weight excluding hydrogens is 298 g/mol. The minimum absolute atomic E-state index is 0.115. The zero-order chi connectivity index (χ0) is 15.9. The van der Waals surface area contributed by atoms with Crippen molar-refractivity contribution in [3.05, 3.63) is 40.8 Å². The van der Waals surface area contributed by atoms with E-state index in [0.29, 0.717) is 24.0 Å². The van der Waals surface area contributed by atoms with Crippen molar-refractivity contribution in [2.75, 3.05) is 5.32 Å². The van der Waals surface area contributed by atoms with Gasteiger partial charge in [-0.15, -0.1) is 11.3 Å². The van der Waals surface area contributed by atoms with Crippen LogP contribution in [0, 0.1) is 5.92 Å². The second kappa shape index (κ2) is 7.79. The van der Waals surface area contributed by atoms with Crippen molar-refractivity contribution < 1.29 is 9.53 Å². The molecule has 0 saturated carbocycles. The van der Waals surface area contributed by atoms with Crippen LogP contribution in [0.4, 0.5) is 10.5 Å². The number of benzene rings is 1. The lowest BCUT2D eigenvalue weighted by Gasteiger charge is -2.18. The van der Waals surface area contributed by atoms with E-state index in [1.54, 1.807) is 11.6 Å². The maximum absolute atomic E-state index is 11.9. The lowest BCUT2D eigenvalue weighted by atomic mass is 10.1.